The smallest absolute Gasteiger partial charge is 0.161 e. The summed E-state index contributed by atoms with van der Waals surface area (Å²) < 4.78 is 15.7. The van der Waals surface area contributed by atoms with Crippen molar-refractivity contribution in [3.05, 3.63) is 47.9 Å². The number of methoxy groups -OCH3 is 2. The summed E-state index contributed by atoms with van der Waals surface area (Å²) in [5.41, 5.74) is 2.80. The maximum atomic E-state index is 5.28. The third kappa shape index (κ3) is 2.96. The summed E-state index contributed by atoms with van der Waals surface area (Å²) in [5, 5.41) is 3.86. The molecule has 1 aromatic carbocycles. The Morgan fingerprint density at radius 2 is 1.95 bits per heavy atom. The van der Waals surface area contributed by atoms with E-state index in [1.54, 1.807) is 14.2 Å². The first-order valence-corrected chi connectivity index (χ1v) is 5.96. The summed E-state index contributed by atoms with van der Waals surface area (Å²) in [6, 6.07) is 7.63. The average Bonchev–Trinajstić information content (AvgIpc) is 2.83. The molecule has 0 radical (unpaired) electrons. The predicted molar refractivity (Wildman–Crippen MR) is 73.5 cm³/mol. The second-order valence-corrected chi connectivity index (χ2v) is 4.28. The van der Waals surface area contributed by atoms with Gasteiger partial charge in [-0.15, -0.1) is 0 Å². The van der Waals surface area contributed by atoms with Gasteiger partial charge in [0, 0.05) is 12.5 Å². The van der Waals surface area contributed by atoms with E-state index in [1.807, 2.05) is 31.2 Å². The highest BCUT2D eigenvalue weighted by Crippen LogP contribution is 2.30. The van der Waals surface area contributed by atoms with Gasteiger partial charge in [0.15, 0.2) is 11.5 Å². The molecule has 0 unspecified atom stereocenters. The van der Waals surface area contributed by atoms with Gasteiger partial charge in [-0.1, -0.05) is 17.8 Å². The topological polar surface area (TPSA) is 44.5 Å². The van der Waals surface area contributed by atoms with E-state index in [4.69, 9.17) is 14.0 Å². The van der Waals surface area contributed by atoms with Crippen LogP contribution in [0.2, 0.25) is 0 Å². The monoisotopic (exact) mass is 259 g/mol. The Bertz CT molecular complexity index is 587. The van der Waals surface area contributed by atoms with Crippen LogP contribution in [0.4, 0.5) is 0 Å². The fraction of sp³-hybridized carbons (Fsp3) is 0.267. The lowest BCUT2D eigenvalue weighted by Gasteiger charge is -2.10. The van der Waals surface area contributed by atoms with Gasteiger partial charge < -0.3 is 14.0 Å². The van der Waals surface area contributed by atoms with Gasteiger partial charge in [-0.3, -0.25) is 0 Å². The van der Waals surface area contributed by atoms with Crippen LogP contribution in [0.15, 0.2) is 35.4 Å². The summed E-state index contributed by atoms with van der Waals surface area (Å²) in [6.45, 7) is 5.97. The summed E-state index contributed by atoms with van der Waals surface area (Å²) in [5.74, 6) is 2.20. The SMILES string of the molecule is C=C(Cc1cc(C)no1)c1ccc(OC)c(OC)c1. The van der Waals surface area contributed by atoms with E-state index in [0.717, 1.165) is 22.6 Å². The van der Waals surface area contributed by atoms with Gasteiger partial charge in [-0.2, -0.15) is 0 Å². The van der Waals surface area contributed by atoms with E-state index >= 15 is 0 Å². The molecule has 100 valence electrons. The molecule has 0 bridgehead atoms. The van der Waals surface area contributed by atoms with E-state index in [0.29, 0.717) is 17.9 Å². The van der Waals surface area contributed by atoms with Crippen LogP contribution in [0.1, 0.15) is 17.0 Å². The standard InChI is InChI=1S/C15H17NO3/c1-10(7-13-8-11(2)16-19-13)12-5-6-14(17-3)15(9-12)18-4/h5-6,8-9H,1,7H2,2-4H3. The number of aromatic nitrogens is 1. The van der Waals surface area contributed by atoms with E-state index in [-0.39, 0.29) is 0 Å². The molecule has 0 atom stereocenters. The van der Waals surface area contributed by atoms with Gasteiger partial charge in [-0.25, -0.2) is 0 Å². The second-order valence-electron chi connectivity index (χ2n) is 4.28. The third-order valence-electron chi connectivity index (χ3n) is 2.86. The van der Waals surface area contributed by atoms with Crippen molar-refractivity contribution in [3.8, 4) is 11.5 Å². The molecule has 2 aromatic rings. The van der Waals surface area contributed by atoms with Gasteiger partial charge >= 0.3 is 0 Å². The zero-order chi connectivity index (χ0) is 13.8. The molecule has 0 fully saturated rings. The lowest BCUT2D eigenvalue weighted by atomic mass is 10.0. The summed E-state index contributed by atoms with van der Waals surface area (Å²) >= 11 is 0. The first-order chi connectivity index (χ1) is 9.13. The summed E-state index contributed by atoms with van der Waals surface area (Å²) in [7, 11) is 3.23. The van der Waals surface area contributed by atoms with Crippen LogP contribution in [0, 0.1) is 6.92 Å². The van der Waals surface area contributed by atoms with Crippen molar-refractivity contribution in [3.63, 3.8) is 0 Å². The van der Waals surface area contributed by atoms with Gasteiger partial charge in [0.25, 0.3) is 0 Å². The number of hydrogen-bond acceptors (Lipinski definition) is 4. The quantitative estimate of drug-likeness (QED) is 0.826. The number of rotatable bonds is 5. The van der Waals surface area contributed by atoms with Gasteiger partial charge in [0.2, 0.25) is 0 Å². The Balaban J connectivity index is 2.19. The highest BCUT2D eigenvalue weighted by Gasteiger charge is 2.09. The minimum absolute atomic E-state index is 0.621. The molecule has 4 nitrogen and oxygen atoms in total. The first kappa shape index (κ1) is 13.2. The van der Waals surface area contributed by atoms with Crippen molar-refractivity contribution in [1.29, 1.82) is 0 Å². The van der Waals surface area contributed by atoms with Crippen LogP contribution >= 0.6 is 0 Å². The molecule has 0 saturated heterocycles. The van der Waals surface area contributed by atoms with Crippen molar-refractivity contribution >= 4 is 5.57 Å². The zero-order valence-electron chi connectivity index (χ0n) is 11.4. The molecule has 0 saturated carbocycles. The van der Waals surface area contributed by atoms with E-state index < -0.39 is 0 Å². The van der Waals surface area contributed by atoms with Crippen molar-refractivity contribution in [2.45, 2.75) is 13.3 Å². The number of ether oxygens (including phenoxy) is 2. The van der Waals surface area contributed by atoms with E-state index in [2.05, 4.69) is 11.7 Å². The van der Waals surface area contributed by atoms with E-state index in [1.165, 1.54) is 0 Å². The zero-order valence-corrected chi connectivity index (χ0v) is 11.4. The van der Waals surface area contributed by atoms with Crippen molar-refractivity contribution in [2.24, 2.45) is 0 Å². The average molecular weight is 259 g/mol. The molecule has 1 heterocycles. The first-order valence-electron chi connectivity index (χ1n) is 5.96. The minimum atomic E-state index is 0.621. The van der Waals surface area contributed by atoms with Crippen molar-refractivity contribution in [2.75, 3.05) is 14.2 Å². The Kier molecular flexibility index (Phi) is 3.90. The van der Waals surface area contributed by atoms with Crippen LogP contribution in [0.3, 0.4) is 0 Å². The highest BCUT2D eigenvalue weighted by molar-refractivity contribution is 5.67. The summed E-state index contributed by atoms with van der Waals surface area (Å²) in [4.78, 5) is 0. The molecular weight excluding hydrogens is 242 g/mol. The molecule has 0 N–H and O–H groups in total. The van der Waals surface area contributed by atoms with E-state index in [9.17, 15) is 0 Å². The molecular formula is C15H17NO3. The Morgan fingerprint density at radius 1 is 1.21 bits per heavy atom. The maximum Gasteiger partial charge on any atom is 0.161 e. The van der Waals surface area contributed by atoms with Gasteiger partial charge in [0.05, 0.1) is 19.9 Å². The van der Waals surface area contributed by atoms with Crippen LogP contribution in [-0.2, 0) is 6.42 Å². The number of benzene rings is 1. The fourth-order valence-corrected chi connectivity index (χ4v) is 1.87. The Labute approximate surface area is 112 Å². The Morgan fingerprint density at radius 3 is 2.53 bits per heavy atom. The van der Waals surface area contributed by atoms with Crippen molar-refractivity contribution < 1.29 is 14.0 Å². The number of aryl methyl sites for hydroxylation is 1. The van der Waals surface area contributed by atoms with Crippen LogP contribution < -0.4 is 9.47 Å². The second kappa shape index (κ2) is 5.61. The molecule has 0 aliphatic carbocycles. The molecule has 2 rings (SSSR count). The molecule has 0 aliphatic rings. The van der Waals surface area contributed by atoms with Crippen LogP contribution in [0.25, 0.3) is 5.57 Å². The Hall–Kier alpha value is -2.23. The summed E-state index contributed by atoms with van der Waals surface area (Å²) in [6.07, 6.45) is 0.621. The van der Waals surface area contributed by atoms with Crippen LogP contribution in [-0.4, -0.2) is 19.4 Å². The molecule has 0 spiro atoms. The largest absolute Gasteiger partial charge is 0.493 e. The number of allylic oxidation sites excluding steroid dienone is 1. The maximum absolute atomic E-state index is 5.28. The minimum Gasteiger partial charge on any atom is -0.493 e. The highest BCUT2D eigenvalue weighted by atomic mass is 16.5. The lowest BCUT2D eigenvalue weighted by Crippen LogP contribution is -1.93. The predicted octanol–water partition coefficient (Wildman–Crippen LogP) is 3.26. The van der Waals surface area contributed by atoms with Crippen molar-refractivity contribution in [1.82, 2.24) is 5.16 Å². The molecule has 0 amide bonds. The number of hydrogen-bond donors (Lipinski definition) is 0. The van der Waals surface area contributed by atoms with Crippen LogP contribution in [0.5, 0.6) is 11.5 Å². The number of nitrogens with zero attached hydrogens (tertiary/aromatic N) is 1. The molecule has 1 aromatic heterocycles. The molecule has 4 heteroatoms. The van der Waals surface area contributed by atoms with Gasteiger partial charge in [0.1, 0.15) is 5.76 Å². The lowest BCUT2D eigenvalue weighted by molar-refractivity contribution is 0.355. The fourth-order valence-electron chi connectivity index (χ4n) is 1.87. The third-order valence-corrected chi connectivity index (χ3v) is 2.86. The van der Waals surface area contributed by atoms with Gasteiger partial charge in [-0.05, 0) is 30.2 Å². The normalized spacial score (nSPS) is 10.3. The molecule has 0 aliphatic heterocycles. The molecule has 19 heavy (non-hydrogen) atoms.